The van der Waals surface area contributed by atoms with Crippen LogP contribution in [-0.4, -0.2) is 24.1 Å². The maximum atomic E-state index is 13.1. The Balaban J connectivity index is 1.47. The molecule has 0 N–H and O–H groups in total. The number of hydrogen-bond donors (Lipinski definition) is 0. The molecule has 3 aromatic carbocycles. The minimum absolute atomic E-state index is 0.110. The van der Waals surface area contributed by atoms with Gasteiger partial charge in [0.15, 0.2) is 11.5 Å². The van der Waals surface area contributed by atoms with Gasteiger partial charge in [-0.2, -0.15) is 0 Å². The van der Waals surface area contributed by atoms with Crippen LogP contribution in [0.2, 0.25) is 0 Å². The highest BCUT2D eigenvalue weighted by molar-refractivity contribution is 5.79. The van der Waals surface area contributed by atoms with Crippen LogP contribution < -0.4 is 9.47 Å². The Morgan fingerprint density at radius 1 is 0.786 bits per heavy atom. The molecular formula is C24H23NO3. The number of ether oxygens (including phenoxy) is 2. The molecule has 0 unspecified atom stereocenters. The maximum Gasteiger partial charge on any atom is 0.231 e. The summed E-state index contributed by atoms with van der Waals surface area (Å²) >= 11 is 0. The summed E-state index contributed by atoms with van der Waals surface area (Å²) in [5, 5.41) is 0. The number of carbonyl (C=O) groups excluding carboxylic acids is 1. The van der Waals surface area contributed by atoms with Gasteiger partial charge in [-0.05, 0) is 35.2 Å². The average molecular weight is 373 g/mol. The van der Waals surface area contributed by atoms with Crippen LogP contribution in [0.5, 0.6) is 11.5 Å². The summed E-state index contributed by atoms with van der Waals surface area (Å²) in [5.74, 6) is 1.56. The lowest BCUT2D eigenvalue weighted by molar-refractivity contribution is -0.131. The highest BCUT2D eigenvalue weighted by Gasteiger charge is 2.18. The fourth-order valence-electron chi connectivity index (χ4n) is 3.34. The van der Waals surface area contributed by atoms with E-state index in [4.69, 9.17) is 9.47 Å². The van der Waals surface area contributed by atoms with E-state index < -0.39 is 0 Å². The van der Waals surface area contributed by atoms with Crippen LogP contribution in [0.15, 0.2) is 78.9 Å². The van der Waals surface area contributed by atoms with Gasteiger partial charge < -0.3 is 14.4 Å². The number of hydrogen-bond acceptors (Lipinski definition) is 3. The molecule has 1 aliphatic rings. The minimum Gasteiger partial charge on any atom is -0.454 e. The Morgan fingerprint density at radius 2 is 1.46 bits per heavy atom. The lowest BCUT2D eigenvalue weighted by Gasteiger charge is -2.23. The van der Waals surface area contributed by atoms with Gasteiger partial charge in [-0.3, -0.25) is 4.79 Å². The first-order valence-corrected chi connectivity index (χ1v) is 9.52. The molecule has 0 spiro atoms. The van der Waals surface area contributed by atoms with Gasteiger partial charge >= 0.3 is 0 Å². The highest BCUT2D eigenvalue weighted by Crippen LogP contribution is 2.32. The van der Waals surface area contributed by atoms with E-state index in [1.165, 1.54) is 5.56 Å². The molecule has 1 heterocycles. The second kappa shape index (κ2) is 8.61. The van der Waals surface area contributed by atoms with Gasteiger partial charge in [-0.25, -0.2) is 0 Å². The number of rotatable bonds is 7. The quantitative estimate of drug-likeness (QED) is 0.622. The van der Waals surface area contributed by atoms with Gasteiger partial charge in [-0.15, -0.1) is 0 Å². The van der Waals surface area contributed by atoms with Crippen molar-refractivity contribution in [1.29, 1.82) is 0 Å². The molecule has 0 saturated heterocycles. The zero-order valence-electron chi connectivity index (χ0n) is 15.7. The second-order valence-corrected chi connectivity index (χ2v) is 6.90. The van der Waals surface area contributed by atoms with Crippen LogP contribution >= 0.6 is 0 Å². The zero-order valence-corrected chi connectivity index (χ0v) is 15.7. The van der Waals surface area contributed by atoms with Crippen LogP contribution in [0.3, 0.4) is 0 Å². The number of carbonyl (C=O) groups is 1. The largest absolute Gasteiger partial charge is 0.454 e. The molecule has 0 aromatic heterocycles. The van der Waals surface area contributed by atoms with Gasteiger partial charge in [0.05, 0.1) is 6.42 Å². The molecule has 0 fully saturated rings. The van der Waals surface area contributed by atoms with Crippen molar-refractivity contribution >= 4 is 5.91 Å². The predicted molar refractivity (Wildman–Crippen MR) is 108 cm³/mol. The van der Waals surface area contributed by atoms with E-state index in [-0.39, 0.29) is 12.7 Å². The summed E-state index contributed by atoms with van der Waals surface area (Å²) in [6, 6.07) is 26.1. The van der Waals surface area contributed by atoms with Crippen LogP contribution in [0, 0.1) is 0 Å². The van der Waals surface area contributed by atoms with E-state index in [1.54, 1.807) is 0 Å². The van der Waals surface area contributed by atoms with Crippen molar-refractivity contribution in [3.8, 4) is 11.5 Å². The van der Waals surface area contributed by atoms with Crippen molar-refractivity contribution in [2.24, 2.45) is 0 Å². The lowest BCUT2D eigenvalue weighted by Crippen LogP contribution is -2.33. The molecule has 0 atom stereocenters. The Labute approximate surface area is 165 Å². The number of nitrogens with zero attached hydrogens (tertiary/aromatic N) is 1. The summed E-state index contributed by atoms with van der Waals surface area (Å²) in [7, 11) is 0. The first-order chi connectivity index (χ1) is 13.8. The molecule has 28 heavy (non-hydrogen) atoms. The molecule has 0 aliphatic carbocycles. The van der Waals surface area contributed by atoms with Crippen molar-refractivity contribution in [3.05, 3.63) is 95.6 Å². The Bertz CT molecular complexity index is 925. The molecule has 4 nitrogen and oxygen atoms in total. The standard InChI is InChI=1S/C24H23NO3/c26-24(16-21-11-12-22-23(15-21)28-18-27-22)25(17-20-9-5-2-6-10-20)14-13-19-7-3-1-4-8-19/h1-12,15H,13-14,16-18H2. The normalized spacial score (nSPS) is 12.0. The van der Waals surface area contributed by atoms with Gasteiger partial charge in [0.2, 0.25) is 12.7 Å². The van der Waals surface area contributed by atoms with Gasteiger partial charge in [0.25, 0.3) is 0 Å². The summed E-state index contributed by atoms with van der Waals surface area (Å²) in [4.78, 5) is 15.0. The third-order valence-electron chi connectivity index (χ3n) is 4.87. The van der Waals surface area contributed by atoms with Gasteiger partial charge in [0.1, 0.15) is 0 Å². The van der Waals surface area contributed by atoms with Crippen molar-refractivity contribution in [2.45, 2.75) is 19.4 Å². The third kappa shape index (κ3) is 4.52. The van der Waals surface area contributed by atoms with E-state index in [2.05, 4.69) is 24.3 Å². The summed E-state index contributed by atoms with van der Waals surface area (Å²) in [5.41, 5.74) is 3.30. The first kappa shape index (κ1) is 18.1. The van der Waals surface area contributed by atoms with Crippen molar-refractivity contribution in [3.63, 3.8) is 0 Å². The molecule has 0 saturated carbocycles. The maximum absolute atomic E-state index is 13.1. The van der Waals surface area contributed by atoms with Crippen molar-refractivity contribution in [1.82, 2.24) is 4.90 Å². The third-order valence-corrected chi connectivity index (χ3v) is 4.87. The number of benzene rings is 3. The predicted octanol–water partition coefficient (Wildman–Crippen LogP) is 4.23. The molecule has 0 radical (unpaired) electrons. The monoisotopic (exact) mass is 373 g/mol. The molecule has 4 heteroatoms. The van der Waals surface area contributed by atoms with Gasteiger partial charge in [0, 0.05) is 13.1 Å². The van der Waals surface area contributed by atoms with E-state index >= 15 is 0 Å². The summed E-state index contributed by atoms with van der Waals surface area (Å²) < 4.78 is 10.8. The Kier molecular flexibility index (Phi) is 5.57. The smallest absolute Gasteiger partial charge is 0.231 e. The Morgan fingerprint density at radius 3 is 2.21 bits per heavy atom. The van der Waals surface area contributed by atoms with Crippen LogP contribution in [0.1, 0.15) is 16.7 Å². The van der Waals surface area contributed by atoms with Crippen molar-refractivity contribution < 1.29 is 14.3 Å². The van der Waals surface area contributed by atoms with Crippen LogP contribution in [0.4, 0.5) is 0 Å². The Hall–Kier alpha value is -3.27. The van der Waals surface area contributed by atoms with Crippen LogP contribution in [-0.2, 0) is 24.2 Å². The van der Waals surface area contributed by atoms with E-state index in [0.29, 0.717) is 25.3 Å². The number of fused-ring (bicyclic) bond motifs is 1. The summed E-state index contributed by atoms with van der Waals surface area (Å²) in [6.07, 6.45) is 1.18. The average Bonchev–Trinajstić information content (AvgIpc) is 3.20. The zero-order chi connectivity index (χ0) is 19.2. The molecule has 3 aromatic rings. The summed E-state index contributed by atoms with van der Waals surface area (Å²) in [6.45, 7) is 1.53. The topological polar surface area (TPSA) is 38.8 Å². The molecule has 1 amide bonds. The second-order valence-electron chi connectivity index (χ2n) is 6.90. The molecule has 4 rings (SSSR count). The van der Waals surface area contributed by atoms with E-state index in [1.807, 2.05) is 59.5 Å². The molecule has 142 valence electrons. The minimum atomic E-state index is 0.110. The van der Waals surface area contributed by atoms with E-state index in [9.17, 15) is 4.79 Å². The fourth-order valence-corrected chi connectivity index (χ4v) is 3.34. The van der Waals surface area contributed by atoms with E-state index in [0.717, 1.165) is 23.3 Å². The molecular weight excluding hydrogens is 350 g/mol. The van der Waals surface area contributed by atoms with Crippen LogP contribution in [0.25, 0.3) is 0 Å². The molecule has 0 bridgehead atoms. The number of amides is 1. The lowest BCUT2D eigenvalue weighted by atomic mass is 10.1. The molecule has 1 aliphatic heterocycles. The SMILES string of the molecule is O=C(Cc1ccc2c(c1)OCO2)N(CCc1ccccc1)Cc1ccccc1. The van der Waals surface area contributed by atoms with Gasteiger partial charge in [-0.1, -0.05) is 66.7 Å². The highest BCUT2D eigenvalue weighted by atomic mass is 16.7. The fraction of sp³-hybridized carbons (Fsp3) is 0.208. The first-order valence-electron chi connectivity index (χ1n) is 9.52. The van der Waals surface area contributed by atoms with Crippen molar-refractivity contribution in [2.75, 3.05) is 13.3 Å².